The second-order valence-corrected chi connectivity index (χ2v) is 17.6. The Kier molecular flexibility index (Phi) is 7.13. The van der Waals surface area contributed by atoms with E-state index < -0.39 is 0 Å². The summed E-state index contributed by atoms with van der Waals surface area (Å²) in [5, 5.41) is 13.1. The summed E-state index contributed by atoms with van der Waals surface area (Å²) >= 11 is 0. The third kappa shape index (κ3) is 4.53. The lowest BCUT2D eigenvalue weighted by Gasteiger charge is -2.50. The number of hydrogen-bond acceptors (Lipinski definition) is 1. The van der Waals surface area contributed by atoms with Gasteiger partial charge in [-0.1, -0.05) is 159 Å². The van der Waals surface area contributed by atoms with Gasteiger partial charge in [-0.15, -0.1) is 0 Å². The van der Waals surface area contributed by atoms with Crippen molar-refractivity contribution < 1.29 is 0 Å². The number of rotatable bonds is 4. The monoisotopic (exact) mass is 743 g/mol. The van der Waals surface area contributed by atoms with Gasteiger partial charge >= 0.3 is 0 Å². The molecule has 278 valence electrons. The number of fused-ring (bicyclic) bond motifs is 5. The van der Waals surface area contributed by atoms with E-state index in [0.717, 1.165) is 0 Å². The van der Waals surface area contributed by atoms with E-state index in [9.17, 15) is 0 Å². The zero-order valence-electron chi connectivity index (χ0n) is 33.4. The van der Waals surface area contributed by atoms with Gasteiger partial charge in [0.2, 0.25) is 0 Å². The molecule has 58 heavy (non-hydrogen) atoms. The van der Waals surface area contributed by atoms with Crippen molar-refractivity contribution in [2.24, 2.45) is 0 Å². The average Bonchev–Trinajstić information content (AvgIpc) is 3.47. The molecule has 2 aliphatic rings. The summed E-state index contributed by atoms with van der Waals surface area (Å²) in [7, 11) is 0. The maximum atomic E-state index is 2.71. The van der Waals surface area contributed by atoms with E-state index in [1.165, 1.54) is 135 Å². The Morgan fingerprint density at radius 2 is 0.966 bits per heavy atom. The minimum absolute atomic E-state index is 0.00517. The van der Waals surface area contributed by atoms with Crippen molar-refractivity contribution in [3.05, 3.63) is 181 Å². The highest BCUT2D eigenvalue weighted by atomic mass is 15.3. The van der Waals surface area contributed by atoms with Gasteiger partial charge in [-0.3, -0.25) is 0 Å². The second kappa shape index (κ2) is 12.3. The first-order chi connectivity index (χ1) is 28.4. The lowest BCUT2D eigenvalue weighted by Crippen LogP contribution is -2.54. The van der Waals surface area contributed by atoms with Crippen molar-refractivity contribution >= 4 is 65.2 Å². The fourth-order valence-corrected chi connectivity index (χ4v) is 11.7. The first-order valence-corrected chi connectivity index (χ1v) is 21.1. The first kappa shape index (κ1) is 33.7. The van der Waals surface area contributed by atoms with Gasteiger partial charge in [0.05, 0.1) is 5.54 Å². The van der Waals surface area contributed by atoms with E-state index in [-0.39, 0.29) is 11.0 Å². The highest BCUT2D eigenvalue weighted by molar-refractivity contribution is 6.31. The lowest BCUT2D eigenvalue weighted by molar-refractivity contribution is 0.195. The summed E-state index contributed by atoms with van der Waals surface area (Å²) in [6.45, 7) is 7.45. The smallest absolute Gasteiger partial charge is 0.0517 e. The molecular formula is C57H45N. The fraction of sp³-hybridized carbons (Fsp3) is 0.158. The summed E-state index contributed by atoms with van der Waals surface area (Å²) in [5.74, 6) is 0. The number of anilines is 2. The zero-order valence-corrected chi connectivity index (χ0v) is 33.4. The van der Waals surface area contributed by atoms with Crippen LogP contribution in [0.4, 0.5) is 11.4 Å². The highest BCUT2D eigenvalue weighted by Crippen LogP contribution is 2.62. The van der Waals surface area contributed by atoms with Crippen molar-refractivity contribution in [3.8, 4) is 33.4 Å². The van der Waals surface area contributed by atoms with E-state index in [4.69, 9.17) is 0 Å². The van der Waals surface area contributed by atoms with Gasteiger partial charge in [-0.05, 0) is 155 Å². The molecule has 12 rings (SSSR count). The molecule has 10 aromatic carbocycles. The maximum absolute atomic E-state index is 2.71. The van der Waals surface area contributed by atoms with E-state index in [1.807, 2.05) is 0 Å². The standard InChI is InChI=1S/C57H45N/c1-36-33-53-52(56(2)31-11-12-32-57(56,3)58(53)40-19-5-4-6-20-40)35-49(36)51-34-50(44-24-14-18-38-16-8-10-22-42(38)44)47-28-26-39-25-27-45(46-29-30-48(51)55(47)54(39)46)43-23-13-17-37-15-7-9-21-41(37)43/h4-10,13-30,33-35H,11-12,31-32H2,1-3H3. The molecule has 1 saturated carbocycles. The fourth-order valence-electron chi connectivity index (χ4n) is 11.7. The number of para-hydroxylation sites is 1. The normalized spacial score (nSPS) is 19.1. The molecule has 2 atom stereocenters. The maximum Gasteiger partial charge on any atom is 0.0517 e. The van der Waals surface area contributed by atoms with Crippen LogP contribution in [0.5, 0.6) is 0 Å². The van der Waals surface area contributed by atoms with Crippen LogP contribution in [0, 0.1) is 6.92 Å². The average molecular weight is 744 g/mol. The van der Waals surface area contributed by atoms with Crippen LogP contribution in [0.1, 0.15) is 50.7 Å². The summed E-state index contributed by atoms with van der Waals surface area (Å²) in [6, 6.07) is 64.4. The molecule has 0 aromatic heterocycles. The van der Waals surface area contributed by atoms with Crippen LogP contribution in [0.3, 0.4) is 0 Å². The summed E-state index contributed by atoms with van der Waals surface area (Å²) < 4.78 is 0. The Morgan fingerprint density at radius 1 is 0.414 bits per heavy atom. The van der Waals surface area contributed by atoms with E-state index >= 15 is 0 Å². The van der Waals surface area contributed by atoms with Gasteiger partial charge in [-0.2, -0.15) is 0 Å². The molecule has 1 aliphatic carbocycles. The molecule has 1 fully saturated rings. The SMILES string of the molecule is Cc1cc2c(cc1-c1cc(-c3cccc4ccccc34)c3ccc4ccc(-c5cccc6ccccc56)c5ccc1c3c45)C1(C)CCCCC1(C)N2c1ccccc1. The summed E-state index contributed by atoms with van der Waals surface area (Å²) in [4.78, 5) is 2.71. The zero-order chi connectivity index (χ0) is 38.8. The molecule has 0 saturated heterocycles. The Morgan fingerprint density at radius 3 is 1.69 bits per heavy atom. The molecule has 10 aromatic rings. The minimum atomic E-state index is -0.00517. The summed E-state index contributed by atoms with van der Waals surface area (Å²) in [6.07, 6.45) is 4.91. The van der Waals surface area contributed by atoms with Crippen molar-refractivity contribution in [3.63, 3.8) is 0 Å². The van der Waals surface area contributed by atoms with Gasteiger partial charge in [0.25, 0.3) is 0 Å². The van der Waals surface area contributed by atoms with Crippen LogP contribution in [0.15, 0.2) is 170 Å². The molecule has 1 nitrogen and oxygen atoms in total. The Balaban J connectivity index is 1.19. The van der Waals surface area contributed by atoms with Gasteiger partial charge in [0.1, 0.15) is 0 Å². The largest absolute Gasteiger partial charge is 0.334 e. The van der Waals surface area contributed by atoms with Gasteiger partial charge in [0, 0.05) is 16.8 Å². The number of nitrogens with zero attached hydrogens (tertiary/aromatic N) is 1. The third-order valence-corrected chi connectivity index (χ3v) is 14.7. The molecule has 0 amide bonds. The Hall–Kier alpha value is -6.44. The van der Waals surface area contributed by atoms with Gasteiger partial charge in [-0.25, -0.2) is 0 Å². The van der Waals surface area contributed by atoms with E-state index in [1.54, 1.807) is 0 Å². The topological polar surface area (TPSA) is 3.24 Å². The van der Waals surface area contributed by atoms with Crippen LogP contribution in [0.25, 0.3) is 87.2 Å². The lowest BCUT2D eigenvalue weighted by atomic mass is 9.61. The second-order valence-electron chi connectivity index (χ2n) is 17.6. The number of benzene rings is 10. The quantitative estimate of drug-likeness (QED) is 0.162. The number of hydrogen-bond donors (Lipinski definition) is 0. The Labute approximate surface area is 340 Å². The van der Waals surface area contributed by atoms with E-state index in [0.29, 0.717) is 0 Å². The minimum Gasteiger partial charge on any atom is -0.334 e. The molecule has 0 N–H and O–H groups in total. The highest BCUT2D eigenvalue weighted by Gasteiger charge is 2.57. The Bertz CT molecular complexity index is 3270. The van der Waals surface area contributed by atoms with Crippen LogP contribution in [-0.2, 0) is 5.41 Å². The molecule has 1 heterocycles. The van der Waals surface area contributed by atoms with Crippen molar-refractivity contribution in [2.45, 2.75) is 57.4 Å². The molecule has 1 heteroatoms. The third-order valence-electron chi connectivity index (χ3n) is 14.7. The molecule has 0 radical (unpaired) electrons. The molecule has 2 unspecified atom stereocenters. The molecule has 0 spiro atoms. The number of aryl methyl sites for hydroxylation is 1. The molecule has 0 bridgehead atoms. The van der Waals surface area contributed by atoms with Crippen molar-refractivity contribution in [2.75, 3.05) is 4.90 Å². The molecular weight excluding hydrogens is 699 g/mol. The van der Waals surface area contributed by atoms with Crippen LogP contribution in [-0.4, -0.2) is 5.54 Å². The van der Waals surface area contributed by atoms with Crippen molar-refractivity contribution in [1.82, 2.24) is 0 Å². The summed E-state index contributed by atoms with van der Waals surface area (Å²) in [5.41, 5.74) is 13.3. The van der Waals surface area contributed by atoms with Crippen LogP contribution >= 0.6 is 0 Å². The molecule has 1 aliphatic heterocycles. The predicted octanol–water partition coefficient (Wildman–Crippen LogP) is 15.9. The van der Waals surface area contributed by atoms with Crippen LogP contribution < -0.4 is 4.90 Å². The predicted molar refractivity (Wildman–Crippen MR) is 249 cm³/mol. The van der Waals surface area contributed by atoms with Crippen LogP contribution in [0.2, 0.25) is 0 Å². The van der Waals surface area contributed by atoms with Gasteiger partial charge in [0.15, 0.2) is 0 Å². The first-order valence-electron chi connectivity index (χ1n) is 21.1. The van der Waals surface area contributed by atoms with Gasteiger partial charge < -0.3 is 4.90 Å². The van der Waals surface area contributed by atoms with Crippen molar-refractivity contribution in [1.29, 1.82) is 0 Å². The van der Waals surface area contributed by atoms with E-state index in [2.05, 4.69) is 196 Å².